The predicted octanol–water partition coefficient (Wildman–Crippen LogP) is 2.58. The molecule has 2 aliphatic rings. The summed E-state index contributed by atoms with van der Waals surface area (Å²) in [5.41, 5.74) is 0. The van der Waals surface area contributed by atoms with Crippen molar-refractivity contribution in [3.05, 3.63) is 0 Å². The molecule has 3 nitrogen and oxygen atoms in total. The first-order valence-electron chi connectivity index (χ1n) is 7.62. The van der Waals surface area contributed by atoms with Crippen LogP contribution in [0.4, 0.5) is 0 Å². The molecule has 0 aromatic carbocycles. The molecule has 1 N–H and O–H groups in total. The van der Waals surface area contributed by atoms with Crippen LogP contribution in [-0.4, -0.2) is 35.1 Å². The van der Waals surface area contributed by atoms with E-state index in [2.05, 4.69) is 0 Å². The van der Waals surface area contributed by atoms with Crippen LogP contribution in [0.15, 0.2) is 0 Å². The van der Waals surface area contributed by atoms with Gasteiger partial charge in [-0.2, -0.15) is 0 Å². The number of carbonyl (C=O) groups is 1. The van der Waals surface area contributed by atoms with E-state index in [9.17, 15) is 9.90 Å². The molecule has 1 amide bonds. The summed E-state index contributed by atoms with van der Waals surface area (Å²) in [6, 6.07) is 0. The van der Waals surface area contributed by atoms with Gasteiger partial charge in [0.2, 0.25) is 5.91 Å². The van der Waals surface area contributed by atoms with Crippen molar-refractivity contribution < 1.29 is 9.90 Å². The van der Waals surface area contributed by atoms with Gasteiger partial charge in [-0.3, -0.25) is 4.79 Å². The van der Waals surface area contributed by atoms with E-state index in [0.29, 0.717) is 11.8 Å². The zero-order chi connectivity index (χ0) is 13.0. The first-order valence-corrected chi connectivity index (χ1v) is 7.62. The van der Waals surface area contributed by atoms with Crippen LogP contribution in [0.25, 0.3) is 0 Å². The van der Waals surface area contributed by atoms with Crippen LogP contribution < -0.4 is 0 Å². The number of aliphatic hydroxyl groups excluding tert-OH is 1. The first kappa shape index (κ1) is 13.9. The maximum Gasteiger partial charge on any atom is 0.222 e. The summed E-state index contributed by atoms with van der Waals surface area (Å²) in [5.74, 6) is 1.24. The number of carbonyl (C=O) groups excluding carboxylic acids is 1. The molecule has 2 unspecified atom stereocenters. The smallest absolute Gasteiger partial charge is 0.222 e. The average molecular weight is 253 g/mol. The van der Waals surface area contributed by atoms with Crippen molar-refractivity contribution in [1.82, 2.24) is 4.90 Å². The second-order valence-corrected chi connectivity index (χ2v) is 6.19. The lowest BCUT2D eigenvalue weighted by molar-refractivity contribution is -0.135. The number of nitrogens with zero attached hydrogens (tertiary/aromatic N) is 1. The topological polar surface area (TPSA) is 40.5 Å². The Morgan fingerprint density at radius 2 is 1.94 bits per heavy atom. The fourth-order valence-electron chi connectivity index (χ4n) is 3.40. The van der Waals surface area contributed by atoms with E-state index >= 15 is 0 Å². The first-order chi connectivity index (χ1) is 8.66. The zero-order valence-corrected chi connectivity index (χ0v) is 11.6. The third kappa shape index (κ3) is 3.71. The molecule has 2 atom stereocenters. The second kappa shape index (κ2) is 6.55. The number of aliphatic hydroxyl groups is 1. The summed E-state index contributed by atoms with van der Waals surface area (Å²) in [6.45, 7) is 3.51. The molecule has 1 aliphatic heterocycles. The van der Waals surface area contributed by atoms with Gasteiger partial charge in [-0.1, -0.05) is 19.3 Å². The Morgan fingerprint density at radius 1 is 1.22 bits per heavy atom. The van der Waals surface area contributed by atoms with Crippen molar-refractivity contribution in [2.75, 3.05) is 13.1 Å². The van der Waals surface area contributed by atoms with Crippen molar-refractivity contribution >= 4 is 5.91 Å². The van der Waals surface area contributed by atoms with Gasteiger partial charge in [0, 0.05) is 25.4 Å². The number of hydrogen-bond donors (Lipinski definition) is 1. The highest BCUT2D eigenvalue weighted by Gasteiger charge is 2.27. The van der Waals surface area contributed by atoms with E-state index in [0.717, 1.165) is 32.4 Å². The van der Waals surface area contributed by atoms with Gasteiger partial charge in [-0.05, 0) is 38.5 Å². The van der Waals surface area contributed by atoms with Gasteiger partial charge >= 0.3 is 0 Å². The zero-order valence-electron chi connectivity index (χ0n) is 11.6. The van der Waals surface area contributed by atoms with Crippen LogP contribution in [0.2, 0.25) is 0 Å². The lowest BCUT2D eigenvalue weighted by Crippen LogP contribution is -2.43. The number of amides is 1. The summed E-state index contributed by atoms with van der Waals surface area (Å²) in [4.78, 5) is 14.3. The molecule has 1 heterocycles. The molecule has 1 saturated carbocycles. The summed E-state index contributed by atoms with van der Waals surface area (Å²) in [7, 11) is 0. The highest BCUT2D eigenvalue weighted by atomic mass is 16.3. The van der Waals surface area contributed by atoms with E-state index in [1.54, 1.807) is 0 Å². The Labute approximate surface area is 111 Å². The van der Waals surface area contributed by atoms with Crippen molar-refractivity contribution in [1.29, 1.82) is 0 Å². The van der Waals surface area contributed by atoms with Gasteiger partial charge in [0.15, 0.2) is 0 Å². The Hall–Kier alpha value is -0.570. The molecule has 1 saturated heterocycles. The normalized spacial score (nSPS) is 28.1. The van der Waals surface area contributed by atoms with E-state index in [1.165, 1.54) is 32.1 Å². The van der Waals surface area contributed by atoms with Crippen LogP contribution >= 0.6 is 0 Å². The summed E-state index contributed by atoms with van der Waals surface area (Å²) in [6.07, 6.45) is 8.98. The van der Waals surface area contributed by atoms with Crippen LogP contribution in [0.3, 0.4) is 0 Å². The lowest BCUT2D eigenvalue weighted by Gasteiger charge is -2.35. The molecule has 0 radical (unpaired) electrons. The number of piperidine rings is 1. The number of rotatable bonds is 3. The standard InChI is InChI=1S/C15H27NO2/c1-12(17)14-8-5-9-16(11-14)15(18)10-13-6-3-2-4-7-13/h12-14,17H,2-11H2,1H3. The monoisotopic (exact) mass is 253 g/mol. The minimum absolute atomic E-state index is 0.282. The molecule has 0 aromatic heterocycles. The maximum absolute atomic E-state index is 12.3. The Balaban J connectivity index is 1.80. The molecule has 0 bridgehead atoms. The molecule has 2 rings (SSSR count). The van der Waals surface area contributed by atoms with Crippen LogP contribution in [-0.2, 0) is 4.79 Å². The van der Waals surface area contributed by atoms with E-state index in [-0.39, 0.29) is 12.0 Å². The van der Waals surface area contributed by atoms with Crippen LogP contribution in [0.5, 0.6) is 0 Å². The van der Waals surface area contributed by atoms with Gasteiger partial charge in [0.1, 0.15) is 0 Å². The van der Waals surface area contributed by atoms with Crippen molar-refractivity contribution in [2.45, 2.75) is 64.4 Å². The minimum atomic E-state index is -0.282. The van der Waals surface area contributed by atoms with Crippen LogP contribution in [0.1, 0.15) is 58.3 Å². The molecular weight excluding hydrogens is 226 g/mol. The molecule has 3 heteroatoms. The van der Waals surface area contributed by atoms with Crippen molar-refractivity contribution in [2.24, 2.45) is 11.8 Å². The number of likely N-dealkylation sites (tertiary alicyclic amines) is 1. The Bertz CT molecular complexity index is 272. The molecule has 2 fully saturated rings. The largest absolute Gasteiger partial charge is 0.393 e. The lowest BCUT2D eigenvalue weighted by atomic mass is 9.86. The molecule has 0 aromatic rings. The molecular formula is C15H27NO2. The third-order valence-electron chi connectivity index (χ3n) is 4.68. The summed E-state index contributed by atoms with van der Waals surface area (Å²) in [5, 5.41) is 9.66. The van der Waals surface area contributed by atoms with Gasteiger partial charge < -0.3 is 10.0 Å². The highest BCUT2D eigenvalue weighted by molar-refractivity contribution is 5.76. The average Bonchev–Trinajstić information content (AvgIpc) is 2.40. The quantitative estimate of drug-likeness (QED) is 0.840. The SMILES string of the molecule is CC(O)C1CCCN(C(=O)CC2CCCCC2)C1. The molecule has 0 spiro atoms. The second-order valence-electron chi connectivity index (χ2n) is 6.19. The fourth-order valence-corrected chi connectivity index (χ4v) is 3.40. The highest BCUT2D eigenvalue weighted by Crippen LogP contribution is 2.28. The Kier molecular flexibility index (Phi) is 5.04. The van der Waals surface area contributed by atoms with Crippen LogP contribution in [0, 0.1) is 11.8 Å². The van der Waals surface area contributed by atoms with Crippen molar-refractivity contribution in [3.8, 4) is 0 Å². The van der Waals surface area contributed by atoms with Crippen molar-refractivity contribution in [3.63, 3.8) is 0 Å². The van der Waals surface area contributed by atoms with Gasteiger partial charge in [-0.25, -0.2) is 0 Å². The summed E-state index contributed by atoms with van der Waals surface area (Å²) < 4.78 is 0. The predicted molar refractivity (Wildman–Crippen MR) is 72.2 cm³/mol. The Morgan fingerprint density at radius 3 is 2.61 bits per heavy atom. The van der Waals surface area contributed by atoms with E-state index in [4.69, 9.17) is 0 Å². The number of hydrogen-bond acceptors (Lipinski definition) is 2. The minimum Gasteiger partial charge on any atom is -0.393 e. The van der Waals surface area contributed by atoms with Gasteiger partial charge in [0.05, 0.1) is 6.10 Å². The van der Waals surface area contributed by atoms with Gasteiger partial charge in [0.25, 0.3) is 0 Å². The molecule has 1 aliphatic carbocycles. The third-order valence-corrected chi connectivity index (χ3v) is 4.68. The van der Waals surface area contributed by atoms with E-state index < -0.39 is 0 Å². The maximum atomic E-state index is 12.3. The fraction of sp³-hybridized carbons (Fsp3) is 0.933. The molecule has 104 valence electrons. The van der Waals surface area contributed by atoms with E-state index in [1.807, 2.05) is 11.8 Å². The summed E-state index contributed by atoms with van der Waals surface area (Å²) >= 11 is 0. The van der Waals surface area contributed by atoms with Gasteiger partial charge in [-0.15, -0.1) is 0 Å². The molecule has 18 heavy (non-hydrogen) atoms.